The van der Waals surface area contributed by atoms with Crippen LogP contribution in [-0.4, -0.2) is 71.3 Å². The van der Waals surface area contributed by atoms with E-state index in [1.54, 1.807) is 15.9 Å². The molecule has 8 heteroatoms. The van der Waals surface area contributed by atoms with Gasteiger partial charge in [0.25, 0.3) is 5.91 Å². The van der Waals surface area contributed by atoms with Gasteiger partial charge in [-0.15, -0.1) is 13.2 Å². The Labute approximate surface area is 267 Å². The number of esters is 1. The Balaban J connectivity index is 1.50. The number of carbonyl (C=O) groups is 3. The normalized spacial score (nSPS) is 26.7. The number of nitrogens with zero attached hydrogens (tertiary/aromatic N) is 2. The molecule has 2 amide bonds. The zero-order valence-corrected chi connectivity index (χ0v) is 26.6. The summed E-state index contributed by atoms with van der Waals surface area (Å²) < 4.78 is 12.7. The van der Waals surface area contributed by atoms with E-state index in [1.807, 2.05) is 55.5 Å². The van der Waals surface area contributed by atoms with Crippen LogP contribution in [0, 0.1) is 11.8 Å². The highest BCUT2D eigenvalue weighted by Crippen LogP contribution is 2.64. The van der Waals surface area contributed by atoms with Gasteiger partial charge < -0.3 is 24.4 Å². The van der Waals surface area contributed by atoms with Crippen molar-refractivity contribution in [2.24, 2.45) is 11.8 Å². The van der Waals surface area contributed by atoms with E-state index in [1.165, 1.54) is 0 Å². The average Bonchev–Trinajstić information content (AvgIpc) is 3.66. The molecule has 3 fully saturated rings. The molecule has 2 aromatic carbocycles. The van der Waals surface area contributed by atoms with E-state index in [9.17, 15) is 19.5 Å². The monoisotopic (exact) mass is 616 g/mol. The minimum absolute atomic E-state index is 0.127. The summed E-state index contributed by atoms with van der Waals surface area (Å²) in [6, 6.07) is 13.1. The number of rotatable bonds is 17. The summed E-state index contributed by atoms with van der Waals surface area (Å²) in [5, 5.41) is 11.3. The lowest BCUT2D eigenvalue weighted by Gasteiger charge is -2.37. The van der Waals surface area contributed by atoms with E-state index >= 15 is 0 Å². The molecule has 3 aliphatic heterocycles. The van der Waals surface area contributed by atoms with Gasteiger partial charge in [-0.2, -0.15) is 0 Å². The molecule has 5 rings (SSSR count). The van der Waals surface area contributed by atoms with Crippen molar-refractivity contribution in [2.75, 3.05) is 31.2 Å². The number of hydrogen-bond acceptors (Lipinski definition) is 6. The van der Waals surface area contributed by atoms with Gasteiger partial charge in [0.2, 0.25) is 5.91 Å². The van der Waals surface area contributed by atoms with E-state index in [0.717, 1.165) is 48.6 Å². The van der Waals surface area contributed by atoms with E-state index in [-0.39, 0.29) is 31.6 Å². The molecule has 3 saturated heterocycles. The van der Waals surface area contributed by atoms with Crippen molar-refractivity contribution in [2.45, 2.75) is 88.4 Å². The maximum absolute atomic E-state index is 14.9. The first-order valence-electron chi connectivity index (χ1n) is 16.7. The summed E-state index contributed by atoms with van der Waals surface area (Å²) in [6.07, 6.45) is 10.7. The number of fused-ring (bicyclic) bond motifs is 2. The molecule has 242 valence electrons. The lowest BCUT2D eigenvalue weighted by atomic mass is 9.65. The summed E-state index contributed by atoms with van der Waals surface area (Å²) in [5.74, 6) is -2.35. The fourth-order valence-electron chi connectivity index (χ4n) is 7.94. The predicted octanol–water partition coefficient (Wildman–Crippen LogP) is 5.97. The summed E-state index contributed by atoms with van der Waals surface area (Å²) in [6.45, 7) is 10.7. The predicted molar refractivity (Wildman–Crippen MR) is 176 cm³/mol. The lowest BCUT2D eigenvalue weighted by molar-refractivity contribution is -0.161. The Morgan fingerprint density at radius 1 is 1.04 bits per heavy atom. The number of amides is 2. The number of allylic oxidation sites excluding steroid dienone is 1. The van der Waals surface area contributed by atoms with Crippen molar-refractivity contribution < 1.29 is 29.0 Å². The van der Waals surface area contributed by atoms with Crippen molar-refractivity contribution in [3.63, 3.8) is 0 Å². The molecule has 8 nitrogen and oxygen atoms in total. The summed E-state index contributed by atoms with van der Waals surface area (Å²) in [7, 11) is 0. The van der Waals surface area contributed by atoms with E-state index in [0.29, 0.717) is 38.6 Å². The van der Waals surface area contributed by atoms with Gasteiger partial charge in [-0.3, -0.25) is 14.4 Å². The highest BCUT2D eigenvalue weighted by Gasteiger charge is 2.79. The van der Waals surface area contributed by atoms with Crippen LogP contribution in [0.5, 0.6) is 0 Å². The number of hydrogen-bond donors (Lipinski definition) is 1. The van der Waals surface area contributed by atoms with Crippen molar-refractivity contribution in [3.8, 4) is 0 Å². The number of anilines is 1. The van der Waals surface area contributed by atoms with Crippen molar-refractivity contribution >= 4 is 34.2 Å². The third-order valence-corrected chi connectivity index (χ3v) is 10.1. The second-order valence-corrected chi connectivity index (χ2v) is 12.7. The molecule has 0 aromatic heterocycles. The maximum atomic E-state index is 14.9. The molecular formula is C37H48N2O6. The standard InChI is InChI=1S/C37H48N2O6/c1-4-7-8-15-25-44-35(43)31-30-33(41)39(23-13-9-10-14-24-40)32(37(30)21-20-36(31,6-3)45-37)34(42)38(22-5-2)29-19-18-27-16-11-12-17-28(27)26-29/h4-5,11-12,16-19,26,30-32,40H,1-2,6-10,13-15,20-25H2,3H3/t30-,31+,32?,36-,37?/m0/s1. The molecule has 5 atom stereocenters. The minimum atomic E-state index is -1.11. The van der Waals surface area contributed by atoms with Gasteiger partial charge in [0.05, 0.1) is 18.1 Å². The van der Waals surface area contributed by atoms with Gasteiger partial charge in [-0.05, 0) is 74.3 Å². The smallest absolute Gasteiger partial charge is 0.312 e. The van der Waals surface area contributed by atoms with Crippen LogP contribution in [0.1, 0.15) is 71.1 Å². The molecule has 0 aliphatic carbocycles. The first-order chi connectivity index (χ1) is 21.9. The van der Waals surface area contributed by atoms with E-state index in [2.05, 4.69) is 13.2 Å². The van der Waals surface area contributed by atoms with Crippen LogP contribution >= 0.6 is 0 Å². The Hall–Kier alpha value is -3.49. The molecule has 2 bridgehead atoms. The molecule has 0 saturated carbocycles. The van der Waals surface area contributed by atoms with Gasteiger partial charge in [-0.1, -0.05) is 62.2 Å². The Bertz CT molecular complexity index is 1410. The highest BCUT2D eigenvalue weighted by molar-refractivity contribution is 6.05. The highest BCUT2D eigenvalue weighted by atomic mass is 16.6. The fourth-order valence-corrected chi connectivity index (χ4v) is 7.94. The second kappa shape index (κ2) is 14.3. The Morgan fingerprint density at radius 2 is 1.82 bits per heavy atom. The van der Waals surface area contributed by atoms with Crippen LogP contribution in [0.25, 0.3) is 10.8 Å². The van der Waals surface area contributed by atoms with Crippen LogP contribution in [0.2, 0.25) is 0 Å². The number of aliphatic hydroxyl groups is 1. The maximum Gasteiger partial charge on any atom is 0.312 e. The molecule has 3 heterocycles. The Kier molecular flexibility index (Phi) is 10.4. The third-order valence-electron chi connectivity index (χ3n) is 10.1. The van der Waals surface area contributed by atoms with Crippen LogP contribution in [0.4, 0.5) is 5.69 Å². The zero-order valence-electron chi connectivity index (χ0n) is 26.6. The SMILES string of the molecule is C=CCCCCOC(=O)[C@H]1[C@H]2C(=O)N(CCCCCCO)C(C(=O)N(CC=C)c3ccc4ccccc4c3)C23CC[C@]1(CC)O3. The first kappa shape index (κ1) is 32.9. The molecule has 1 spiro atoms. The molecule has 2 unspecified atom stereocenters. The van der Waals surface area contributed by atoms with Crippen molar-refractivity contribution in [3.05, 3.63) is 67.8 Å². The Morgan fingerprint density at radius 3 is 2.56 bits per heavy atom. The summed E-state index contributed by atoms with van der Waals surface area (Å²) >= 11 is 0. The quantitative estimate of drug-likeness (QED) is 0.134. The topological polar surface area (TPSA) is 96.4 Å². The molecular weight excluding hydrogens is 568 g/mol. The minimum Gasteiger partial charge on any atom is -0.465 e. The van der Waals surface area contributed by atoms with E-state index < -0.39 is 35.0 Å². The van der Waals surface area contributed by atoms with Crippen molar-refractivity contribution in [1.29, 1.82) is 0 Å². The number of benzene rings is 2. The number of ether oxygens (including phenoxy) is 2. The van der Waals surface area contributed by atoms with Gasteiger partial charge in [-0.25, -0.2) is 0 Å². The zero-order chi connectivity index (χ0) is 32.0. The van der Waals surface area contributed by atoms with Gasteiger partial charge >= 0.3 is 5.97 Å². The van der Waals surface area contributed by atoms with Crippen LogP contribution in [-0.2, 0) is 23.9 Å². The van der Waals surface area contributed by atoms with Crippen LogP contribution in [0.3, 0.4) is 0 Å². The van der Waals surface area contributed by atoms with Gasteiger partial charge in [0.1, 0.15) is 17.6 Å². The fraction of sp³-hybridized carbons (Fsp3) is 0.541. The molecule has 0 radical (unpaired) electrons. The number of likely N-dealkylation sites (tertiary alicyclic amines) is 1. The van der Waals surface area contributed by atoms with Crippen LogP contribution < -0.4 is 4.90 Å². The lowest BCUT2D eigenvalue weighted by Crippen LogP contribution is -2.56. The van der Waals surface area contributed by atoms with Crippen LogP contribution in [0.15, 0.2) is 67.8 Å². The molecule has 3 aliphatic rings. The van der Waals surface area contributed by atoms with Gasteiger partial charge in [0.15, 0.2) is 0 Å². The first-order valence-corrected chi connectivity index (χ1v) is 16.7. The van der Waals surface area contributed by atoms with Gasteiger partial charge in [0, 0.05) is 25.4 Å². The van der Waals surface area contributed by atoms with E-state index in [4.69, 9.17) is 9.47 Å². The molecule has 2 aromatic rings. The number of unbranched alkanes of at least 4 members (excludes halogenated alkanes) is 5. The largest absolute Gasteiger partial charge is 0.465 e. The molecule has 45 heavy (non-hydrogen) atoms. The molecule has 1 N–H and O–H groups in total. The van der Waals surface area contributed by atoms with Crippen molar-refractivity contribution in [1.82, 2.24) is 4.90 Å². The number of aliphatic hydroxyl groups excluding tert-OH is 1. The second-order valence-electron chi connectivity index (χ2n) is 12.7. The third kappa shape index (κ3) is 6.07. The number of carbonyl (C=O) groups excluding carboxylic acids is 3. The summed E-state index contributed by atoms with van der Waals surface area (Å²) in [5.41, 5.74) is -1.23. The average molecular weight is 617 g/mol. The summed E-state index contributed by atoms with van der Waals surface area (Å²) in [4.78, 5) is 46.5.